The molecule has 0 unspecified atom stereocenters. The maximum atomic E-state index is 12.2. The zero-order chi connectivity index (χ0) is 19.4. The first-order valence-corrected chi connectivity index (χ1v) is 9.57. The number of carbonyl (C=O) groups excluding carboxylic acids is 2. The van der Waals surface area contributed by atoms with E-state index in [2.05, 4.69) is 11.7 Å². The van der Waals surface area contributed by atoms with Crippen LogP contribution in [0, 0.1) is 0 Å². The van der Waals surface area contributed by atoms with Crippen LogP contribution in [0.25, 0.3) is 0 Å². The summed E-state index contributed by atoms with van der Waals surface area (Å²) in [5.74, 6) is -0.577. The molecule has 0 aromatic carbocycles. The SMILES string of the molecule is CCCCC/C=C\C[C@@]1(O)C=C(Cl)C(=O)C1=C/C=C\CCCC(=O)OC. The number of unbranched alkanes of at least 4 members (excludes halogenated alkanes) is 4. The summed E-state index contributed by atoms with van der Waals surface area (Å²) in [6.45, 7) is 2.16. The van der Waals surface area contributed by atoms with Crippen LogP contribution < -0.4 is 0 Å². The van der Waals surface area contributed by atoms with Crippen molar-refractivity contribution in [1.82, 2.24) is 0 Å². The first-order chi connectivity index (χ1) is 12.4. The van der Waals surface area contributed by atoms with Crippen molar-refractivity contribution in [2.45, 2.75) is 63.9 Å². The highest BCUT2D eigenvalue weighted by Gasteiger charge is 2.40. The number of rotatable bonds is 11. The summed E-state index contributed by atoms with van der Waals surface area (Å²) in [7, 11) is 1.37. The van der Waals surface area contributed by atoms with Crippen molar-refractivity contribution in [1.29, 1.82) is 0 Å². The number of allylic oxidation sites excluding steroid dienone is 5. The average molecular weight is 381 g/mol. The van der Waals surface area contributed by atoms with Crippen molar-refractivity contribution in [3.05, 3.63) is 47.1 Å². The quantitative estimate of drug-likeness (QED) is 0.242. The van der Waals surface area contributed by atoms with Crippen LogP contribution in [-0.4, -0.2) is 29.6 Å². The summed E-state index contributed by atoms with van der Waals surface area (Å²) in [6, 6.07) is 0. The minimum absolute atomic E-state index is 0.0530. The fraction of sp³-hybridized carbons (Fsp3) is 0.524. The van der Waals surface area contributed by atoms with Gasteiger partial charge in [0.2, 0.25) is 5.78 Å². The summed E-state index contributed by atoms with van der Waals surface area (Å²) < 4.78 is 4.58. The average Bonchev–Trinajstić information content (AvgIpc) is 2.83. The van der Waals surface area contributed by atoms with Gasteiger partial charge in [-0.25, -0.2) is 0 Å². The number of aliphatic hydroxyl groups is 1. The lowest BCUT2D eigenvalue weighted by Crippen LogP contribution is -2.27. The molecule has 0 bridgehead atoms. The number of carbonyl (C=O) groups is 2. The molecule has 0 aromatic heterocycles. The van der Waals surface area contributed by atoms with Crippen LogP contribution in [-0.2, 0) is 14.3 Å². The number of esters is 1. The second-order valence-corrected chi connectivity index (χ2v) is 6.80. The Morgan fingerprint density at radius 3 is 2.65 bits per heavy atom. The Bertz CT molecular complexity index is 601. The van der Waals surface area contributed by atoms with Gasteiger partial charge in [-0.2, -0.15) is 0 Å². The van der Waals surface area contributed by atoms with Gasteiger partial charge in [-0.1, -0.05) is 61.7 Å². The Hall–Kier alpha value is -1.65. The molecule has 1 N–H and O–H groups in total. The molecule has 144 valence electrons. The molecule has 0 aromatic rings. The van der Waals surface area contributed by atoms with E-state index in [1.807, 2.05) is 18.2 Å². The summed E-state index contributed by atoms with van der Waals surface area (Å²) in [4.78, 5) is 23.2. The molecule has 1 rings (SSSR count). The molecule has 0 aliphatic heterocycles. The highest BCUT2D eigenvalue weighted by molar-refractivity contribution is 6.46. The molecule has 0 spiro atoms. The molecule has 26 heavy (non-hydrogen) atoms. The first-order valence-electron chi connectivity index (χ1n) is 9.19. The van der Waals surface area contributed by atoms with Gasteiger partial charge < -0.3 is 9.84 Å². The number of Topliss-reactive ketones (excluding diaryl/α,β-unsaturated/α-hetero) is 1. The summed E-state index contributed by atoms with van der Waals surface area (Å²) >= 11 is 5.95. The third-order valence-electron chi connectivity index (χ3n) is 4.24. The molecule has 0 saturated heterocycles. The van der Waals surface area contributed by atoms with E-state index < -0.39 is 5.60 Å². The van der Waals surface area contributed by atoms with Crippen molar-refractivity contribution in [3.63, 3.8) is 0 Å². The minimum Gasteiger partial charge on any atom is -0.469 e. The molecule has 1 aliphatic rings. The van der Waals surface area contributed by atoms with Gasteiger partial charge >= 0.3 is 5.97 Å². The normalized spacial score (nSPS) is 21.9. The van der Waals surface area contributed by atoms with E-state index in [0.717, 1.165) is 12.8 Å². The predicted octanol–water partition coefficient (Wildman–Crippen LogP) is 4.78. The van der Waals surface area contributed by atoms with Crippen LogP contribution in [0.4, 0.5) is 0 Å². The monoisotopic (exact) mass is 380 g/mol. The van der Waals surface area contributed by atoms with E-state index in [0.29, 0.717) is 25.7 Å². The molecule has 5 heteroatoms. The lowest BCUT2D eigenvalue weighted by atomic mass is 9.92. The third-order valence-corrected chi connectivity index (χ3v) is 4.52. The molecule has 4 nitrogen and oxygen atoms in total. The largest absolute Gasteiger partial charge is 0.469 e. The lowest BCUT2D eigenvalue weighted by molar-refractivity contribution is -0.140. The smallest absolute Gasteiger partial charge is 0.305 e. The molecular formula is C21H29ClO4. The van der Waals surface area contributed by atoms with Crippen molar-refractivity contribution in [3.8, 4) is 0 Å². The Morgan fingerprint density at radius 2 is 1.96 bits per heavy atom. The van der Waals surface area contributed by atoms with Gasteiger partial charge in [0.1, 0.15) is 5.60 Å². The van der Waals surface area contributed by atoms with E-state index in [1.165, 1.54) is 26.0 Å². The number of ketones is 1. The topological polar surface area (TPSA) is 63.6 Å². The molecule has 0 radical (unpaired) electrons. The van der Waals surface area contributed by atoms with Gasteiger partial charge in [0.05, 0.1) is 12.1 Å². The number of hydrogen-bond donors (Lipinski definition) is 1. The predicted molar refractivity (Wildman–Crippen MR) is 105 cm³/mol. The second kappa shape index (κ2) is 11.9. The van der Waals surface area contributed by atoms with Crippen LogP contribution in [0.5, 0.6) is 0 Å². The molecule has 0 amide bonds. The molecule has 0 heterocycles. The van der Waals surface area contributed by atoms with Crippen molar-refractivity contribution < 1.29 is 19.4 Å². The van der Waals surface area contributed by atoms with Crippen LogP contribution >= 0.6 is 11.6 Å². The van der Waals surface area contributed by atoms with Crippen LogP contribution in [0.1, 0.15) is 58.3 Å². The number of methoxy groups -OCH3 is 1. The van der Waals surface area contributed by atoms with Gasteiger partial charge in [-0.3, -0.25) is 9.59 Å². The fourth-order valence-corrected chi connectivity index (χ4v) is 2.97. The Balaban J connectivity index is 2.62. The molecule has 1 aliphatic carbocycles. The van der Waals surface area contributed by atoms with E-state index >= 15 is 0 Å². The number of hydrogen-bond acceptors (Lipinski definition) is 4. The van der Waals surface area contributed by atoms with Gasteiger partial charge in [-0.15, -0.1) is 0 Å². The zero-order valence-electron chi connectivity index (χ0n) is 15.7. The zero-order valence-corrected chi connectivity index (χ0v) is 16.4. The van der Waals surface area contributed by atoms with E-state index in [9.17, 15) is 14.7 Å². The van der Waals surface area contributed by atoms with Gasteiger partial charge in [0.25, 0.3) is 0 Å². The molecule has 0 fully saturated rings. The fourth-order valence-electron chi connectivity index (χ4n) is 2.69. The number of ether oxygens (including phenoxy) is 1. The lowest BCUT2D eigenvalue weighted by Gasteiger charge is -2.20. The summed E-state index contributed by atoms with van der Waals surface area (Å²) in [6.07, 6.45) is 17.0. The van der Waals surface area contributed by atoms with E-state index in [-0.39, 0.29) is 22.4 Å². The third kappa shape index (κ3) is 7.30. The van der Waals surface area contributed by atoms with Gasteiger partial charge in [0, 0.05) is 18.4 Å². The highest BCUT2D eigenvalue weighted by Crippen LogP contribution is 2.35. The molecule has 0 saturated carbocycles. The maximum absolute atomic E-state index is 12.2. The van der Waals surface area contributed by atoms with Crippen LogP contribution in [0.15, 0.2) is 47.1 Å². The standard InChI is InChI=1S/C21H29ClO4/c1-3-4-5-6-9-12-15-21(25)16-18(22)20(24)17(21)13-10-7-8-11-14-19(23)26-2/h7,9-10,12-13,16,25H,3-6,8,11,14-15H2,1-2H3/b10-7-,12-9-,17-13?/t21-/m1/s1. The Kier molecular flexibility index (Phi) is 10.2. The highest BCUT2D eigenvalue weighted by atomic mass is 35.5. The summed E-state index contributed by atoms with van der Waals surface area (Å²) in [5, 5.41) is 10.9. The molecular weight excluding hydrogens is 352 g/mol. The van der Waals surface area contributed by atoms with Crippen molar-refractivity contribution in [2.24, 2.45) is 0 Å². The van der Waals surface area contributed by atoms with E-state index in [1.54, 1.807) is 12.2 Å². The van der Waals surface area contributed by atoms with Crippen LogP contribution in [0.2, 0.25) is 0 Å². The maximum Gasteiger partial charge on any atom is 0.305 e. The van der Waals surface area contributed by atoms with Crippen molar-refractivity contribution >= 4 is 23.4 Å². The van der Waals surface area contributed by atoms with E-state index in [4.69, 9.17) is 11.6 Å². The Morgan fingerprint density at radius 1 is 1.23 bits per heavy atom. The molecule has 1 atom stereocenters. The Labute approximate surface area is 161 Å². The minimum atomic E-state index is -1.36. The number of halogens is 1. The van der Waals surface area contributed by atoms with Gasteiger partial charge in [-0.05, 0) is 31.8 Å². The van der Waals surface area contributed by atoms with Gasteiger partial charge in [0.15, 0.2) is 0 Å². The van der Waals surface area contributed by atoms with Crippen LogP contribution in [0.3, 0.4) is 0 Å². The second-order valence-electron chi connectivity index (χ2n) is 6.39. The van der Waals surface area contributed by atoms with Crippen molar-refractivity contribution in [2.75, 3.05) is 7.11 Å². The first kappa shape index (κ1) is 22.4. The summed E-state index contributed by atoms with van der Waals surface area (Å²) in [5.41, 5.74) is -1.07.